The van der Waals surface area contributed by atoms with Crippen molar-refractivity contribution in [3.05, 3.63) is 77.9 Å². The number of hydrogen-bond acceptors (Lipinski definition) is 2. The van der Waals surface area contributed by atoms with E-state index in [1.807, 2.05) is 12.1 Å². The summed E-state index contributed by atoms with van der Waals surface area (Å²) < 4.78 is 29.2. The monoisotopic (exact) mass is 381 g/mol. The van der Waals surface area contributed by atoms with E-state index >= 15 is 0 Å². The first-order chi connectivity index (χ1) is 13.1. The van der Waals surface area contributed by atoms with Gasteiger partial charge >= 0.3 is 0 Å². The van der Waals surface area contributed by atoms with Crippen LogP contribution in [-0.2, 0) is 10.0 Å². The van der Waals surface area contributed by atoms with Crippen molar-refractivity contribution in [2.24, 2.45) is 0 Å². The zero-order valence-corrected chi connectivity index (χ0v) is 16.5. The molecule has 140 valence electrons. The molecule has 0 spiro atoms. The highest BCUT2D eigenvalue weighted by atomic mass is 32.2. The van der Waals surface area contributed by atoms with Gasteiger partial charge in [0.25, 0.3) is 0 Å². The van der Waals surface area contributed by atoms with Crippen molar-refractivity contribution in [2.75, 3.05) is 13.1 Å². The predicted molar refractivity (Wildman–Crippen MR) is 108 cm³/mol. The standard InChI is InChI=1S/C22H24N2O2S/c1-3-24(4-2)22-19-15-9-11-16-10-8-14-18(20(16)19)21(22)23-27(25,26)17-12-6-5-7-13-17/h5-15,21-23H,3-4H2,1-2H3/p+1/t21-,22+/m1/s1. The first-order valence-corrected chi connectivity index (χ1v) is 11.0. The minimum Gasteiger partial charge on any atom is -0.328 e. The van der Waals surface area contributed by atoms with Gasteiger partial charge in [-0.05, 0) is 42.3 Å². The molecule has 2 N–H and O–H groups in total. The number of quaternary nitrogens is 1. The number of benzene rings is 3. The van der Waals surface area contributed by atoms with E-state index in [1.165, 1.54) is 21.2 Å². The molecule has 0 saturated heterocycles. The van der Waals surface area contributed by atoms with E-state index in [1.54, 1.807) is 24.3 Å². The first-order valence-electron chi connectivity index (χ1n) is 9.50. The van der Waals surface area contributed by atoms with Crippen LogP contribution in [0.15, 0.2) is 71.6 Å². The lowest BCUT2D eigenvalue weighted by Crippen LogP contribution is -3.12. The molecule has 4 rings (SSSR count). The van der Waals surface area contributed by atoms with Crippen molar-refractivity contribution in [1.29, 1.82) is 0 Å². The molecule has 0 radical (unpaired) electrons. The van der Waals surface area contributed by atoms with Crippen molar-refractivity contribution < 1.29 is 13.3 Å². The molecule has 0 aliphatic heterocycles. The maximum atomic E-state index is 13.1. The molecule has 27 heavy (non-hydrogen) atoms. The number of hydrogen-bond donors (Lipinski definition) is 2. The van der Waals surface area contributed by atoms with Gasteiger partial charge in [-0.25, -0.2) is 8.42 Å². The molecule has 4 nitrogen and oxygen atoms in total. The van der Waals surface area contributed by atoms with Gasteiger partial charge in [-0.2, -0.15) is 4.72 Å². The molecule has 3 aromatic rings. The summed E-state index contributed by atoms with van der Waals surface area (Å²) in [5.74, 6) is 0. The third-order valence-electron chi connectivity index (χ3n) is 5.66. The molecule has 0 unspecified atom stereocenters. The van der Waals surface area contributed by atoms with Gasteiger partial charge in [-0.3, -0.25) is 0 Å². The Morgan fingerprint density at radius 3 is 2.11 bits per heavy atom. The third kappa shape index (κ3) is 3.06. The summed E-state index contributed by atoms with van der Waals surface area (Å²) in [5.41, 5.74) is 2.31. The van der Waals surface area contributed by atoms with Crippen LogP contribution >= 0.6 is 0 Å². The zero-order chi connectivity index (χ0) is 19.0. The van der Waals surface area contributed by atoms with Crippen molar-refractivity contribution in [3.63, 3.8) is 0 Å². The second-order valence-electron chi connectivity index (χ2n) is 7.05. The number of sulfonamides is 1. The molecular formula is C22H25N2O2S+. The molecule has 3 aromatic carbocycles. The molecule has 0 amide bonds. The van der Waals surface area contributed by atoms with Crippen LogP contribution in [0.3, 0.4) is 0 Å². The van der Waals surface area contributed by atoms with Crippen LogP contribution in [0.1, 0.15) is 37.1 Å². The molecule has 1 aliphatic rings. The number of likely N-dealkylation sites (N-methyl/N-ethyl adjacent to an activating group) is 1. The van der Waals surface area contributed by atoms with Crippen LogP contribution in [0, 0.1) is 0 Å². The number of nitrogens with one attached hydrogen (secondary N) is 2. The van der Waals surface area contributed by atoms with Crippen LogP contribution in [0.4, 0.5) is 0 Å². The van der Waals surface area contributed by atoms with Gasteiger partial charge in [-0.15, -0.1) is 0 Å². The molecule has 0 bridgehead atoms. The summed E-state index contributed by atoms with van der Waals surface area (Å²) in [6.07, 6.45) is 0. The van der Waals surface area contributed by atoms with Gasteiger partial charge in [0.05, 0.1) is 18.0 Å². The summed E-state index contributed by atoms with van der Waals surface area (Å²) in [7, 11) is -3.60. The fourth-order valence-corrected chi connectivity index (χ4v) is 5.64. The molecule has 0 saturated carbocycles. The molecule has 0 fully saturated rings. The van der Waals surface area contributed by atoms with Crippen LogP contribution in [-0.4, -0.2) is 21.5 Å². The summed E-state index contributed by atoms with van der Waals surface area (Å²) in [4.78, 5) is 1.68. The normalized spacial score (nSPS) is 19.1. The molecule has 2 atom stereocenters. The summed E-state index contributed by atoms with van der Waals surface area (Å²) in [6, 6.07) is 20.9. The smallest absolute Gasteiger partial charge is 0.241 e. The summed E-state index contributed by atoms with van der Waals surface area (Å²) in [5, 5.41) is 2.37. The van der Waals surface area contributed by atoms with E-state index in [0.717, 1.165) is 18.7 Å². The maximum absolute atomic E-state index is 13.1. The minimum atomic E-state index is -3.60. The van der Waals surface area contributed by atoms with Gasteiger partial charge in [-0.1, -0.05) is 54.6 Å². The van der Waals surface area contributed by atoms with E-state index in [4.69, 9.17) is 0 Å². The van der Waals surface area contributed by atoms with Gasteiger partial charge in [0.15, 0.2) is 0 Å². The van der Waals surface area contributed by atoms with Gasteiger partial charge < -0.3 is 4.90 Å². The van der Waals surface area contributed by atoms with Crippen molar-refractivity contribution in [3.8, 4) is 0 Å². The SMILES string of the molecule is CC[NH+](CC)[C@H]1c2cccc3cccc(c23)[C@H]1NS(=O)(=O)c1ccccc1. The van der Waals surface area contributed by atoms with E-state index in [-0.39, 0.29) is 12.1 Å². The van der Waals surface area contributed by atoms with Gasteiger partial charge in [0.2, 0.25) is 10.0 Å². The van der Waals surface area contributed by atoms with E-state index in [0.29, 0.717) is 4.90 Å². The Kier molecular flexibility index (Phi) is 4.76. The lowest BCUT2D eigenvalue weighted by atomic mass is 10.0. The topological polar surface area (TPSA) is 50.6 Å². The average Bonchev–Trinajstić information content (AvgIpc) is 2.99. The molecule has 0 heterocycles. The highest BCUT2D eigenvalue weighted by molar-refractivity contribution is 7.89. The highest BCUT2D eigenvalue weighted by Gasteiger charge is 2.42. The quantitative estimate of drug-likeness (QED) is 0.690. The van der Waals surface area contributed by atoms with E-state index < -0.39 is 10.0 Å². The minimum absolute atomic E-state index is 0.0691. The summed E-state index contributed by atoms with van der Waals surface area (Å²) >= 11 is 0. The predicted octanol–water partition coefficient (Wildman–Crippen LogP) is 2.84. The van der Waals surface area contributed by atoms with Crippen LogP contribution in [0.5, 0.6) is 0 Å². The zero-order valence-electron chi connectivity index (χ0n) is 15.6. The largest absolute Gasteiger partial charge is 0.328 e. The Balaban J connectivity index is 1.84. The second kappa shape index (κ2) is 7.08. The third-order valence-corrected chi connectivity index (χ3v) is 7.11. The summed E-state index contributed by atoms with van der Waals surface area (Å²) in [6.45, 7) is 6.19. The Labute approximate surface area is 160 Å². The lowest BCUT2D eigenvalue weighted by Gasteiger charge is -2.30. The fraction of sp³-hybridized carbons (Fsp3) is 0.273. The average molecular weight is 382 g/mol. The molecule has 0 aromatic heterocycles. The highest BCUT2D eigenvalue weighted by Crippen LogP contribution is 2.43. The Hall–Kier alpha value is -2.21. The van der Waals surface area contributed by atoms with Crippen molar-refractivity contribution >= 4 is 20.8 Å². The first kappa shape index (κ1) is 18.2. The van der Waals surface area contributed by atoms with E-state index in [9.17, 15) is 8.42 Å². The maximum Gasteiger partial charge on any atom is 0.241 e. The van der Waals surface area contributed by atoms with Crippen LogP contribution < -0.4 is 9.62 Å². The Morgan fingerprint density at radius 2 is 1.48 bits per heavy atom. The van der Waals surface area contributed by atoms with E-state index in [2.05, 4.69) is 48.9 Å². The van der Waals surface area contributed by atoms with Crippen LogP contribution in [0.25, 0.3) is 10.8 Å². The number of rotatable bonds is 6. The van der Waals surface area contributed by atoms with Gasteiger partial charge in [0.1, 0.15) is 12.1 Å². The lowest BCUT2D eigenvalue weighted by molar-refractivity contribution is -0.930. The van der Waals surface area contributed by atoms with Crippen molar-refractivity contribution in [1.82, 2.24) is 4.72 Å². The molecular weight excluding hydrogens is 356 g/mol. The van der Waals surface area contributed by atoms with Crippen molar-refractivity contribution in [2.45, 2.75) is 30.8 Å². The Bertz CT molecular complexity index is 1050. The van der Waals surface area contributed by atoms with Crippen LogP contribution in [0.2, 0.25) is 0 Å². The molecule has 5 heteroatoms. The fourth-order valence-electron chi connectivity index (χ4n) is 4.39. The second-order valence-corrected chi connectivity index (χ2v) is 8.76. The molecule has 1 aliphatic carbocycles. The Morgan fingerprint density at radius 1 is 0.852 bits per heavy atom. The van der Waals surface area contributed by atoms with Gasteiger partial charge in [0, 0.05) is 5.56 Å².